The molecule has 0 bridgehead atoms. The standard InChI is InChI=1S/C19H15ClN2O4/c1-12-6-8-13(9-7-12)16-10-18(26-22-16)21-17(23)11-25-19(24)14-4-2-3-5-15(14)20/h2-10H,11H2,1H3,(H,21,23). The maximum absolute atomic E-state index is 11.9. The number of esters is 1. The van der Waals surface area contributed by atoms with Crippen LogP contribution in [0.2, 0.25) is 5.02 Å². The molecule has 0 atom stereocenters. The lowest BCUT2D eigenvalue weighted by Gasteiger charge is -2.05. The summed E-state index contributed by atoms with van der Waals surface area (Å²) in [6, 6.07) is 15.8. The molecule has 7 heteroatoms. The highest BCUT2D eigenvalue weighted by Crippen LogP contribution is 2.22. The van der Waals surface area contributed by atoms with E-state index in [0.717, 1.165) is 11.1 Å². The third-order valence-electron chi connectivity index (χ3n) is 3.55. The average molecular weight is 371 g/mol. The minimum Gasteiger partial charge on any atom is -0.452 e. The van der Waals surface area contributed by atoms with Gasteiger partial charge in [0.15, 0.2) is 6.61 Å². The number of ether oxygens (including phenoxy) is 1. The predicted octanol–water partition coefficient (Wildman–Crippen LogP) is 4.10. The van der Waals surface area contributed by atoms with E-state index in [-0.39, 0.29) is 16.5 Å². The Morgan fingerprint density at radius 3 is 2.62 bits per heavy atom. The minimum absolute atomic E-state index is 0.166. The highest BCUT2D eigenvalue weighted by Gasteiger charge is 2.14. The first-order valence-electron chi connectivity index (χ1n) is 7.78. The fourth-order valence-electron chi connectivity index (χ4n) is 2.20. The Morgan fingerprint density at radius 2 is 1.88 bits per heavy atom. The fraction of sp³-hybridized carbons (Fsp3) is 0.105. The zero-order valence-corrected chi connectivity index (χ0v) is 14.6. The number of aromatic nitrogens is 1. The van der Waals surface area contributed by atoms with Crippen LogP contribution < -0.4 is 5.32 Å². The quantitative estimate of drug-likeness (QED) is 0.684. The molecular weight excluding hydrogens is 356 g/mol. The number of amides is 1. The molecule has 0 radical (unpaired) electrons. The third kappa shape index (κ3) is 4.29. The van der Waals surface area contributed by atoms with Crippen molar-refractivity contribution in [3.63, 3.8) is 0 Å². The third-order valence-corrected chi connectivity index (χ3v) is 3.88. The molecular formula is C19H15ClN2O4. The molecule has 1 amide bonds. The van der Waals surface area contributed by atoms with Gasteiger partial charge >= 0.3 is 5.97 Å². The SMILES string of the molecule is Cc1ccc(-c2cc(NC(=O)COC(=O)c3ccccc3Cl)on2)cc1. The molecule has 0 fully saturated rings. The molecule has 0 spiro atoms. The van der Waals surface area contributed by atoms with Gasteiger partial charge in [0.05, 0.1) is 10.6 Å². The molecule has 0 aliphatic carbocycles. The number of anilines is 1. The Labute approximate surface area is 154 Å². The number of nitrogens with one attached hydrogen (secondary N) is 1. The number of carbonyl (C=O) groups excluding carboxylic acids is 2. The van der Waals surface area contributed by atoms with Crippen LogP contribution in [0.25, 0.3) is 11.3 Å². The zero-order valence-electron chi connectivity index (χ0n) is 13.9. The van der Waals surface area contributed by atoms with Crippen LogP contribution in [0.15, 0.2) is 59.1 Å². The number of hydrogen-bond acceptors (Lipinski definition) is 5. The highest BCUT2D eigenvalue weighted by molar-refractivity contribution is 6.33. The summed E-state index contributed by atoms with van der Waals surface area (Å²) in [4.78, 5) is 23.8. The van der Waals surface area contributed by atoms with Crippen molar-refractivity contribution in [1.82, 2.24) is 5.16 Å². The van der Waals surface area contributed by atoms with Crippen LogP contribution in [0.1, 0.15) is 15.9 Å². The van der Waals surface area contributed by atoms with E-state index in [0.29, 0.717) is 5.69 Å². The van der Waals surface area contributed by atoms with Crippen molar-refractivity contribution in [3.8, 4) is 11.3 Å². The average Bonchev–Trinajstić information content (AvgIpc) is 3.09. The Kier molecular flexibility index (Phi) is 5.34. The molecule has 0 saturated carbocycles. The monoisotopic (exact) mass is 370 g/mol. The normalized spacial score (nSPS) is 10.4. The molecule has 0 unspecified atom stereocenters. The van der Waals surface area contributed by atoms with Crippen molar-refractivity contribution in [2.24, 2.45) is 0 Å². The van der Waals surface area contributed by atoms with E-state index in [2.05, 4.69) is 10.5 Å². The number of hydrogen-bond donors (Lipinski definition) is 1. The van der Waals surface area contributed by atoms with Gasteiger partial charge in [-0.2, -0.15) is 0 Å². The van der Waals surface area contributed by atoms with Gasteiger partial charge in [-0.1, -0.05) is 58.7 Å². The Balaban J connectivity index is 1.56. The second-order valence-electron chi connectivity index (χ2n) is 5.55. The minimum atomic E-state index is -0.677. The van der Waals surface area contributed by atoms with Gasteiger partial charge in [-0.3, -0.25) is 10.1 Å². The van der Waals surface area contributed by atoms with E-state index in [1.807, 2.05) is 31.2 Å². The largest absolute Gasteiger partial charge is 0.452 e. The first kappa shape index (κ1) is 17.7. The molecule has 3 rings (SSSR count). The summed E-state index contributed by atoms with van der Waals surface area (Å²) in [5.74, 6) is -1.06. The van der Waals surface area contributed by atoms with Crippen molar-refractivity contribution in [3.05, 3.63) is 70.7 Å². The second kappa shape index (κ2) is 7.84. The van der Waals surface area contributed by atoms with Crippen molar-refractivity contribution in [2.45, 2.75) is 6.92 Å². The Bertz CT molecular complexity index is 935. The lowest BCUT2D eigenvalue weighted by molar-refractivity contribution is -0.119. The summed E-state index contributed by atoms with van der Waals surface area (Å²) in [7, 11) is 0. The number of carbonyl (C=O) groups is 2. The van der Waals surface area contributed by atoms with Gasteiger partial charge in [0, 0.05) is 11.6 Å². The zero-order chi connectivity index (χ0) is 18.5. The van der Waals surface area contributed by atoms with Gasteiger partial charge in [-0.15, -0.1) is 0 Å². The van der Waals surface area contributed by atoms with Crippen molar-refractivity contribution >= 4 is 29.4 Å². The lowest BCUT2D eigenvalue weighted by atomic mass is 10.1. The van der Waals surface area contributed by atoms with Crippen LogP contribution in [-0.2, 0) is 9.53 Å². The lowest BCUT2D eigenvalue weighted by Crippen LogP contribution is -2.20. The van der Waals surface area contributed by atoms with E-state index in [9.17, 15) is 9.59 Å². The van der Waals surface area contributed by atoms with E-state index in [1.54, 1.807) is 24.3 Å². The van der Waals surface area contributed by atoms with Gasteiger partial charge in [0.2, 0.25) is 5.88 Å². The van der Waals surface area contributed by atoms with Gasteiger partial charge in [0.1, 0.15) is 5.69 Å². The van der Waals surface area contributed by atoms with Gasteiger partial charge < -0.3 is 9.26 Å². The number of aryl methyl sites for hydroxylation is 1. The number of nitrogens with zero attached hydrogens (tertiary/aromatic N) is 1. The van der Waals surface area contributed by atoms with Gasteiger partial charge in [-0.25, -0.2) is 4.79 Å². The van der Waals surface area contributed by atoms with Crippen molar-refractivity contribution < 1.29 is 18.8 Å². The topological polar surface area (TPSA) is 81.4 Å². The summed E-state index contributed by atoms with van der Waals surface area (Å²) in [5, 5.41) is 6.66. The van der Waals surface area contributed by atoms with E-state index in [4.69, 9.17) is 20.9 Å². The molecule has 1 heterocycles. The summed E-state index contributed by atoms with van der Waals surface area (Å²) in [6.07, 6.45) is 0. The molecule has 0 aliphatic rings. The van der Waals surface area contributed by atoms with Crippen LogP contribution in [0.5, 0.6) is 0 Å². The summed E-state index contributed by atoms with van der Waals surface area (Å²) >= 11 is 5.91. The molecule has 1 N–H and O–H groups in total. The highest BCUT2D eigenvalue weighted by atomic mass is 35.5. The first-order chi connectivity index (χ1) is 12.5. The fourth-order valence-corrected chi connectivity index (χ4v) is 2.42. The van der Waals surface area contributed by atoms with Crippen LogP contribution in [0.3, 0.4) is 0 Å². The number of halogens is 1. The van der Waals surface area contributed by atoms with Crippen LogP contribution in [-0.4, -0.2) is 23.6 Å². The second-order valence-corrected chi connectivity index (χ2v) is 5.95. The maximum atomic E-state index is 11.9. The predicted molar refractivity (Wildman–Crippen MR) is 97.0 cm³/mol. The summed E-state index contributed by atoms with van der Waals surface area (Å²) in [5.41, 5.74) is 2.78. The van der Waals surface area contributed by atoms with Crippen LogP contribution in [0, 0.1) is 6.92 Å². The van der Waals surface area contributed by atoms with Crippen molar-refractivity contribution in [2.75, 3.05) is 11.9 Å². The van der Waals surface area contributed by atoms with E-state index in [1.165, 1.54) is 6.07 Å². The summed E-state index contributed by atoms with van der Waals surface area (Å²) < 4.78 is 10.0. The van der Waals surface area contributed by atoms with E-state index >= 15 is 0 Å². The Morgan fingerprint density at radius 1 is 1.15 bits per heavy atom. The molecule has 0 saturated heterocycles. The number of rotatable bonds is 5. The molecule has 132 valence electrons. The number of benzene rings is 2. The molecule has 0 aliphatic heterocycles. The summed E-state index contributed by atoms with van der Waals surface area (Å²) in [6.45, 7) is 1.52. The maximum Gasteiger partial charge on any atom is 0.340 e. The molecule has 1 aromatic heterocycles. The molecule has 6 nitrogen and oxygen atoms in total. The smallest absolute Gasteiger partial charge is 0.340 e. The van der Waals surface area contributed by atoms with Crippen LogP contribution >= 0.6 is 11.6 Å². The van der Waals surface area contributed by atoms with Crippen molar-refractivity contribution in [1.29, 1.82) is 0 Å². The van der Waals surface area contributed by atoms with Gasteiger partial charge in [-0.05, 0) is 19.1 Å². The molecule has 3 aromatic rings. The molecule has 2 aromatic carbocycles. The van der Waals surface area contributed by atoms with E-state index < -0.39 is 18.5 Å². The van der Waals surface area contributed by atoms with Crippen LogP contribution in [0.4, 0.5) is 5.88 Å². The Hall–Kier alpha value is -3.12. The molecule has 26 heavy (non-hydrogen) atoms. The van der Waals surface area contributed by atoms with Gasteiger partial charge in [0.25, 0.3) is 5.91 Å². The first-order valence-corrected chi connectivity index (χ1v) is 8.16.